The van der Waals surface area contributed by atoms with Gasteiger partial charge in [0.25, 0.3) is 0 Å². The van der Waals surface area contributed by atoms with Crippen LogP contribution in [0.2, 0.25) is 0 Å². The molecule has 0 atom stereocenters. The zero-order valence-electron chi connectivity index (χ0n) is 9.32. The van der Waals surface area contributed by atoms with E-state index in [1.54, 1.807) is 12.3 Å². The average molecular weight is 278 g/mol. The number of halogens is 3. The van der Waals surface area contributed by atoms with E-state index in [9.17, 15) is 18.0 Å². The number of carbonyl (C=O) groups excluding carboxylic acids is 1. The third-order valence-electron chi connectivity index (χ3n) is 2.20. The topological polar surface area (TPSA) is 43.6 Å². The second-order valence-corrected chi connectivity index (χ2v) is 4.32. The molecule has 0 radical (unpaired) electrons. The Hall–Kier alpha value is -1.57. The van der Waals surface area contributed by atoms with Gasteiger partial charge in [0, 0.05) is 17.3 Å². The van der Waals surface area contributed by atoms with Gasteiger partial charge in [-0.1, -0.05) is 0 Å². The first-order valence-electron chi connectivity index (χ1n) is 5.10. The van der Waals surface area contributed by atoms with Crippen LogP contribution in [-0.4, -0.2) is 22.0 Å². The Kier molecular flexibility index (Phi) is 3.29. The number of fused-ring (bicyclic) bond motifs is 1. The number of esters is 1. The van der Waals surface area contributed by atoms with E-state index in [0.29, 0.717) is 5.69 Å². The van der Waals surface area contributed by atoms with Crippen LogP contribution in [0.5, 0.6) is 0 Å². The molecule has 0 aliphatic heterocycles. The molecule has 8 heteroatoms. The lowest BCUT2D eigenvalue weighted by Crippen LogP contribution is -2.09. The summed E-state index contributed by atoms with van der Waals surface area (Å²) in [5, 5.41) is 1.60. The summed E-state index contributed by atoms with van der Waals surface area (Å²) < 4.78 is 43.4. The van der Waals surface area contributed by atoms with Crippen LogP contribution in [0.25, 0.3) is 4.96 Å². The second-order valence-electron chi connectivity index (χ2n) is 3.49. The standard InChI is InChI=1S/C10H9F3N2O2S/c1-2-17-8(16)3-6-5-18-9-14-7(4-15(6)9)10(11,12)13/h4-5H,2-3H2,1H3. The fraction of sp³-hybridized carbons (Fsp3) is 0.400. The summed E-state index contributed by atoms with van der Waals surface area (Å²) >= 11 is 1.06. The van der Waals surface area contributed by atoms with E-state index >= 15 is 0 Å². The first-order chi connectivity index (χ1) is 8.41. The van der Waals surface area contributed by atoms with Crippen LogP contribution >= 0.6 is 11.3 Å². The summed E-state index contributed by atoms with van der Waals surface area (Å²) in [7, 11) is 0. The SMILES string of the molecule is CCOC(=O)Cc1csc2nc(C(F)(F)F)cn12. The van der Waals surface area contributed by atoms with Gasteiger partial charge in [-0.25, -0.2) is 4.98 Å². The van der Waals surface area contributed by atoms with Gasteiger partial charge in [-0.05, 0) is 6.92 Å². The number of alkyl halides is 3. The lowest BCUT2D eigenvalue weighted by molar-refractivity contribution is -0.142. The van der Waals surface area contributed by atoms with Crippen LogP contribution in [-0.2, 0) is 22.1 Å². The lowest BCUT2D eigenvalue weighted by Gasteiger charge is -2.01. The molecule has 0 saturated heterocycles. The van der Waals surface area contributed by atoms with Gasteiger partial charge in [0.2, 0.25) is 0 Å². The molecule has 2 aromatic heterocycles. The third-order valence-corrected chi connectivity index (χ3v) is 3.09. The Bertz CT molecular complexity index is 573. The second kappa shape index (κ2) is 4.60. The predicted octanol–water partition coefficient (Wildman–Crippen LogP) is 2.52. The molecule has 2 aromatic rings. The quantitative estimate of drug-likeness (QED) is 0.810. The number of imidazole rings is 1. The number of thiazole rings is 1. The molecule has 2 rings (SSSR count). The highest BCUT2D eigenvalue weighted by Gasteiger charge is 2.34. The molecule has 0 spiro atoms. The van der Waals surface area contributed by atoms with Gasteiger partial charge in [0.15, 0.2) is 10.7 Å². The summed E-state index contributed by atoms with van der Waals surface area (Å²) in [4.78, 5) is 15.0. The van der Waals surface area contributed by atoms with Crippen molar-refractivity contribution in [1.82, 2.24) is 9.38 Å². The molecule has 2 heterocycles. The summed E-state index contributed by atoms with van der Waals surface area (Å²) in [6, 6.07) is 0. The number of hydrogen-bond donors (Lipinski definition) is 0. The lowest BCUT2D eigenvalue weighted by atomic mass is 10.3. The number of ether oxygens (including phenoxy) is 1. The maximum absolute atomic E-state index is 12.5. The van der Waals surface area contributed by atoms with Crippen molar-refractivity contribution in [2.75, 3.05) is 6.61 Å². The van der Waals surface area contributed by atoms with Gasteiger partial charge >= 0.3 is 12.1 Å². The van der Waals surface area contributed by atoms with Gasteiger partial charge in [-0.15, -0.1) is 11.3 Å². The maximum Gasteiger partial charge on any atom is 0.434 e. The van der Waals surface area contributed by atoms with E-state index in [2.05, 4.69) is 4.98 Å². The number of aromatic nitrogens is 2. The molecule has 0 saturated carbocycles. The molecule has 98 valence electrons. The Labute approximate surface area is 104 Å². The van der Waals surface area contributed by atoms with Crippen LogP contribution in [0, 0.1) is 0 Å². The number of carbonyl (C=O) groups is 1. The van der Waals surface area contributed by atoms with Gasteiger partial charge in [-0.2, -0.15) is 13.2 Å². The summed E-state index contributed by atoms with van der Waals surface area (Å²) in [5.74, 6) is -0.473. The van der Waals surface area contributed by atoms with E-state index in [1.807, 2.05) is 0 Å². The highest BCUT2D eigenvalue weighted by Crippen LogP contribution is 2.30. The van der Waals surface area contributed by atoms with E-state index in [-0.39, 0.29) is 18.0 Å². The number of hydrogen-bond acceptors (Lipinski definition) is 4. The Balaban J connectivity index is 2.30. The van der Waals surface area contributed by atoms with Crippen molar-refractivity contribution in [3.8, 4) is 0 Å². The number of nitrogens with zero attached hydrogens (tertiary/aromatic N) is 2. The van der Waals surface area contributed by atoms with Crippen LogP contribution in [0.3, 0.4) is 0 Å². The molecule has 0 bridgehead atoms. The molecular weight excluding hydrogens is 269 g/mol. The zero-order valence-corrected chi connectivity index (χ0v) is 10.1. The van der Waals surface area contributed by atoms with Crippen LogP contribution in [0.4, 0.5) is 13.2 Å². The minimum Gasteiger partial charge on any atom is -0.466 e. The van der Waals surface area contributed by atoms with E-state index < -0.39 is 17.8 Å². The fourth-order valence-electron chi connectivity index (χ4n) is 1.45. The predicted molar refractivity (Wildman–Crippen MR) is 58.4 cm³/mol. The molecule has 0 aliphatic rings. The highest BCUT2D eigenvalue weighted by atomic mass is 32.1. The van der Waals surface area contributed by atoms with Gasteiger partial charge in [0.1, 0.15) is 0 Å². The smallest absolute Gasteiger partial charge is 0.434 e. The molecule has 0 fully saturated rings. The monoisotopic (exact) mass is 278 g/mol. The molecular formula is C10H9F3N2O2S. The van der Waals surface area contributed by atoms with Crippen molar-refractivity contribution >= 4 is 22.3 Å². The van der Waals surface area contributed by atoms with Crippen molar-refractivity contribution in [1.29, 1.82) is 0 Å². The minimum atomic E-state index is -4.48. The van der Waals surface area contributed by atoms with Gasteiger partial charge in [-0.3, -0.25) is 9.20 Å². The van der Waals surface area contributed by atoms with Crippen LogP contribution in [0.1, 0.15) is 18.3 Å². The van der Waals surface area contributed by atoms with Crippen molar-refractivity contribution in [3.05, 3.63) is 23.0 Å². The molecule has 4 nitrogen and oxygen atoms in total. The Morgan fingerprint density at radius 3 is 2.89 bits per heavy atom. The minimum absolute atomic E-state index is 0.0680. The molecule has 0 unspecified atom stereocenters. The summed E-state index contributed by atoms with van der Waals surface area (Å²) in [6.45, 7) is 1.91. The highest BCUT2D eigenvalue weighted by molar-refractivity contribution is 7.15. The summed E-state index contributed by atoms with van der Waals surface area (Å²) in [6.07, 6.45) is -3.66. The maximum atomic E-state index is 12.5. The van der Waals surface area contributed by atoms with Gasteiger partial charge in [0.05, 0.1) is 13.0 Å². The van der Waals surface area contributed by atoms with Crippen LogP contribution in [0.15, 0.2) is 11.6 Å². The van der Waals surface area contributed by atoms with Crippen molar-refractivity contribution in [2.45, 2.75) is 19.5 Å². The Morgan fingerprint density at radius 1 is 1.56 bits per heavy atom. The first-order valence-corrected chi connectivity index (χ1v) is 5.98. The van der Waals surface area contributed by atoms with Crippen molar-refractivity contribution in [3.63, 3.8) is 0 Å². The largest absolute Gasteiger partial charge is 0.466 e. The Morgan fingerprint density at radius 2 is 2.28 bits per heavy atom. The molecule has 0 aliphatic carbocycles. The third kappa shape index (κ3) is 2.47. The van der Waals surface area contributed by atoms with Crippen molar-refractivity contribution in [2.24, 2.45) is 0 Å². The first kappa shape index (κ1) is 12.9. The zero-order chi connectivity index (χ0) is 13.3. The molecule has 0 N–H and O–H groups in total. The average Bonchev–Trinajstić information content (AvgIpc) is 2.79. The van der Waals surface area contributed by atoms with E-state index in [1.165, 1.54) is 4.40 Å². The van der Waals surface area contributed by atoms with E-state index in [0.717, 1.165) is 17.5 Å². The molecule has 0 aromatic carbocycles. The summed E-state index contributed by atoms with van der Waals surface area (Å²) in [5.41, 5.74) is -0.518. The van der Waals surface area contributed by atoms with E-state index in [4.69, 9.17) is 4.74 Å². The van der Waals surface area contributed by atoms with Crippen molar-refractivity contribution < 1.29 is 22.7 Å². The molecule has 0 amide bonds. The van der Waals surface area contributed by atoms with Gasteiger partial charge < -0.3 is 4.74 Å². The normalized spacial score (nSPS) is 12.0. The fourth-order valence-corrected chi connectivity index (χ4v) is 2.33. The van der Waals surface area contributed by atoms with Crippen LogP contribution < -0.4 is 0 Å². The number of rotatable bonds is 3. The molecule has 18 heavy (non-hydrogen) atoms.